The third kappa shape index (κ3) is 5.40. The highest BCUT2D eigenvalue weighted by atomic mass is 79.9. The lowest BCUT2D eigenvalue weighted by Crippen LogP contribution is -2.37. The number of nitrogens with one attached hydrogen (secondary N) is 2. The number of carbonyl (C=O) groups is 1. The molecule has 1 amide bonds. The summed E-state index contributed by atoms with van der Waals surface area (Å²) in [4.78, 5) is 11.2. The highest BCUT2D eigenvalue weighted by Gasteiger charge is 2.20. The zero-order valence-electron chi connectivity index (χ0n) is 12.6. The molecular weight excluding hydrogens is 399 g/mol. The summed E-state index contributed by atoms with van der Waals surface area (Å²) in [5.41, 5.74) is 1.06. The molecule has 2 rings (SSSR count). The maximum absolute atomic E-state index is 13.6. The predicted octanol–water partition coefficient (Wildman–Crippen LogP) is 2.23. The van der Waals surface area contributed by atoms with Crippen molar-refractivity contribution in [3.05, 3.63) is 64.4 Å². The van der Waals surface area contributed by atoms with Crippen molar-refractivity contribution in [1.82, 2.24) is 10.0 Å². The van der Waals surface area contributed by atoms with Crippen molar-refractivity contribution >= 4 is 31.9 Å². The van der Waals surface area contributed by atoms with Crippen LogP contribution in [0.15, 0.2) is 57.9 Å². The predicted molar refractivity (Wildman–Crippen MR) is 92.4 cm³/mol. The normalized spacial score (nSPS) is 11.2. The molecule has 2 aromatic carbocycles. The molecule has 0 aliphatic heterocycles. The van der Waals surface area contributed by atoms with Crippen LogP contribution >= 0.6 is 15.9 Å². The summed E-state index contributed by atoms with van der Waals surface area (Å²) in [5.74, 6) is -1.36. The molecule has 0 aliphatic rings. The van der Waals surface area contributed by atoms with E-state index < -0.39 is 33.2 Å². The van der Waals surface area contributed by atoms with E-state index in [9.17, 15) is 17.6 Å². The molecule has 8 heteroatoms. The summed E-state index contributed by atoms with van der Waals surface area (Å²) in [6, 6.07) is 13.2. The van der Waals surface area contributed by atoms with Gasteiger partial charge in [0.05, 0.1) is 6.54 Å². The van der Waals surface area contributed by atoms with Gasteiger partial charge in [-0.05, 0) is 30.2 Å². The first-order valence-electron chi connectivity index (χ1n) is 7.14. The fourth-order valence-corrected chi connectivity index (χ4v) is 3.57. The van der Waals surface area contributed by atoms with E-state index in [1.54, 1.807) is 0 Å². The van der Waals surface area contributed by atoms with Gasteiger partial charge in [-0.2, -0.15) is 0 Å². The van der Waals surface area contributed by atoms with Crippen LogP contribution < -0.4 is 10.0 Å². The van der Waals surface area contributed by atoms with Crippen LogP contribution in [0, 0.1) is 5.82 Å². The van der Waals surface area contributed by atoms with E-state index in [-0.39, 0.29) is 0 Å². The van der Waals surface area contributed by atoms with Crippen molar-refractivity contribution in [2.75, 3.05) is 13.1 Å². The minimum atomic E-state index is -4.10. The molecule has 0 saturated heterocycles. The van der Waals surface area contributed by atoms with E-state index >= 15 is 0 Å². The number of benzene rings is 2. The lowest BCUT2D eigenvalue weighted by atomic mass is 10.1. The van der Waals surface area contributed by atoms with Crippen LogP contribution in [0.2, 0.25) is 0 Å². The molecule has 2 aromatic rings. The summed E-state index contributed by atoms with van der Waals surface area (Å²) < 4.78 is 40.3. The smallest absolute Gasteiger partial charge is 0.243 e. The Balaban J connectivity index is 1.85. The second-order valence-electron chi connectivity index (χ2n) is 4.98. The monoisotopic (exact) mass is 414 g/mol. The molecule has 0 bridgehead atoms. The summed E-state index contributed by atoms with van der Waals surface area (Å²) in [6.45, 7) is -0.0705. The number of amides is 1. The second-order valence-corrected chi connectivity index (χ2v) is 7.64. The molecule has 0 unspecified atom stereocenters. The highest BCUT2D eigenvalue weighted by molar-refractivity contribution is 9.10. The Labute approximate surface area is 148 Å². The van der Waals surface area contributed by atoms with Crippen LogP contribution in [0.3, 0.4) is 0 Å². The Kier molecular flexibility index (Phi) is 6.47. The van der Waals surface area contributed by atoms with Gasteiger partial charge < -0.3 is 5.32 Å². The lowest BCUT2D eigenvalue weighted by Gasteiger charge is -2.09. The Hall–Kier alpha value is -1.77. The number of hydrogen-bond donors (Lipinski definition) is 2. The van der Waals surface area contributed by atoms with Crippen molar-refractivity contribution in [2.24, 2.45) is 0 Å². The third-order valence-electron chi connectivity index (χ3n) is 3.18. The van der Waals surface area contributed by atoms with Gasteiger partial charge in [0.15, 0.2) is 0 Å². The summed E-state index contributed by atoms with van der Waals surface area (Å²) in [6.07, 6.45) is 0.638. The van der Waals surface area contributed by atoms with Crippen LogP contribution in [0.4, 0.5) is 4.39 Å². The summed E-state index contributed by atoms with van der Waals surface area (Å²) >= 11 is 3.09. The van der Waals surface area contributed by atoms with Crippen LogP contribution in [0.1, 0.15) is 5.56 Å². The Morgan fingerprint density at radius 3 is 2.54 bits per heavy atom. The van der Waals surface area contributed by atoms with Crippen LogP contribution in [0.25, 0.3) is 0 Å². The van der Waals surface area contributed by atoms with Crippen molar-refractivity contribution in [1.29, 1.82) is 0 Å². The van der Waals surface area contributed by atoms with E-state index in [0.29, 0.717) is 17.4 Å². The Bertz CT molecular complexity index is 813. The third-order valence-corrected chi connectivity index (χ3v) is 5.09. The molecule has 0 fully saturated rings. The molecule has 0 spiro atoms. The first-order valence-corrected chi connectivity index (χ1v) is 9.41. The first kappa shape index (κ1) is 18.6. The zero-order chi connectivity index (χ0) is 17.6. The van der Waals surface area contributed by atoms with Crippen LogP contribution in [-0.2, 0) is 21.2 Å². The molecule has 0 atom stereocenters. The minimum absolute atomic E-state index is 0.385. The SMILES string of the molecule is O=C(CNS(=O)(=O)c1cc(Br)ccc1F)NCCc1ccccc1. The van der Waals surface area contributed by atoms with Gasteiger partial charge >= 0.3 is 0 Å². The molecule has 128 valence electrons. The average molecular weight is 415 g/mol. The van der Waals surface area contributed by atoms with Crippen LogP contribution in [0.5, 0.6) is 0 Å². The summed E-state index contributed by atoms with van der Waals surface area (Å²) in [5, 5.41) is 2.61. The van der Waals surface area contributed by atoms with Gasteiger partial charge in [-0.15, -0.1) is 0 Å². The molecule has 24 heavy (non-hydrogen) atoms. The van der Waals surface area contributed by atoms with Gasteiger partial charge in [-0.3, -0.25) is 4.79 Å². The molecule has 0 saturated carbocycles. The number of rotatable bonds is 7. The maximum atomic E-state index is 13.6. The van der Waals surface area contributed by atoms with E-state index in [0.717, 1.165) is 17.7 Å². The van der Waals surface area contributed by atoms with E-state index in [2.05, 4.69) is 26.0 Å². The molecular formula is C16H16BrFN2O3S. The lowest BCUT2D eigenvalue weighted by molar-refractivity contribution is -0.119. The van der Waals surface area contributed by atoms with Crippen molar-refractivity contribution in [2.45, 2.75) is 11.3 Å². The van der Waals surface area contributed by atoms with E-state index in [1.165, 1.54) is 6.07 Å². The molecule has 0 aromatic heterocycles. The minimum Gasteiger partial charge on any atom is -0.355 e. The molecule has 0 heterocycles. The number of hydrogen-bond acceptors (Lipinski definition) is 3. The first-order chi connectivity index (χ1) is 11.4. The van der Waals surface area contributed by atoms with Gasteiger partial charge in [0, 0.05) is 11.0 Å². The van der Waals surface area contributed by atoms with Crippen molar-refractivity contribution < 1.29 is 17.6 Å². The molecule has 5 nitrogen and oxygen atoms in total. The van der Waals surface area contributed by atoms with Gasteiger partial charge in [-0.25, -0.2) is 17.5 Å². The highest BCUT2D eigenvalue weighted by Crippen LogP contribution is 2.19. The fraction of sp³-hybridized carbons (Fsp3) is 0.188. The van der Waals surface area contributed by atoms with Gasteiger partial charge in [0.1, 0.15) is 10.7 Å². The second kappa shape index (κ2) is 8.36. The summed E-state index contributed by atoms with van der Waals surface area (Å²) in [7, 11) is -4.10. The number of carbonyl (C=O) groups excluding carboxylic acids is 1. The molecule has 0 aliphatic carbocycles. The van der Waals surface area contributed by atoms with E-state index in [4.69, 9.17) is 0 Å². The van der Waals surface area contributed by atoms with Crippen molar-refractivity contribution in [3.63, 3.8) is 0 Å². The zero-order valence-corrected chi connectivity index (χ0v) is 15.0. The number of sulfonamides is 1. The van der Waals surface area contributed by atoms with Gasteiger partial charge in [0.25, 0.3) is 0 Å². The molecule has 2 N–H and O–H groups in total. The maximum Gasteiger partial charge on any atom is 0.243 e. The quantitative estimate of drug-likeness (QED) is 0.729. The topological polar surface area (TPSA) is 75.3 Å². The standard InChI is InChI=1S/C16H16BrFN2O3S/c17-13-6-7-14(18)15(10-13)24(22,23)20-11-16(21)19-9-8-12-4-2-1-3-5-12/h1-7,10,20H,8-9,11H2,(H,19,21). The molecule has 0 radical (unpaired) electrons. The Morgan fingerprint density at radius 1 is 1.12 bits per heavy atom. The fourth-order valence-electron chi connectivity index (χ4n) is 1.97. The largest absolute Gasteiger partial charge is 0.355 e. The van der Waals surface area contributed by atoms with Gasteiger partial charge in [0.2, 0.25) is 15.9 Å². The van der Waals surface area contributed by atoms with Crippen LogP contribution in [-0.4, -0.2) is 27.4 Å². The van der Waals surface area contributed by atoms with Crippen molar-refractivity contribution in [3.8, 4) is 0 Å². The van der Waals surface area contributed by atoms with E-state index in [1.807, 2.05) is 30.3 Å². The van der Waals surface area contributed by atoms with Gasteiger partial charge in [-0.1, -0.05) is 46.3 Å². The average Bonchev–Trinajstić information content (AvgIpc) is 2.56. The Morgan fingerprint density at radius 2 is 1.83 bits per heavy atom. The number of halogens is 2.